The topological polar surface area (TPSA) is 23.5 Å². The molecule has 0 heterocycles. The smallest absolute Gasteiger partial charge is 0.251 e. The van der Waals surface area contributed by atoms with Gasteiger partial charge >= 0.3 is 0 Å². The number of hydrogen-bond acceptors (Lipinski definition) is 2. The SMILES string of the molecule is CC(C)c1ccc(CN(CCO)CC(F)F)cc1. The van der Waals surface area contributed by atoms with Crippen molar-refractivity contribution >= 4 is 0 Å². The lowest BCUT2D eigenvalue weighted by Crippen LogP contribution is -2.31. The van der Waals surface area contributed by atoms with E-state index in [0.29, 0.717) is 12.5 Å². The maximum Gasteiger partial charge on any atom is 0.251 e. The molecule has 0 fully saturated rings. The summed E-state index contributed by atoms with van der Waals surface area (Å²) < 4.78 is 24.7. The van der Waals surface area contributed by atoms with Gasteiger partial charge in [-0.1, -0.05) is 38.1 Å². The van der Waals surface area contributed by atoms with Gasteiger partial charge in [0.25, 0.3) is 6.43 Å². The minimum Gasteiger partial charge on any atom is -0.395 e. The summed E-state index contributed by atoms with van der Waals surface area (Å²) in [5.74, 6) is 0.466. The Balaban J connectivity index is 2.62. The summed E-state index contributed by atoms with van der Waals surface area (Å²) in [6, 6.07) is 7.98. The van der Waals surface area contributed by atoms with E-state index in [2.05, 4.69) is 13.8 Å². The van der Waals surface area contributed by atoms with Crippen molar-refractivity contribution in [3.63, 3.8) is 0 Å². The standard InChI is InChI=1S/C14H21F2NO/c1-11(2)13-5-3-12(4-6-13)9-17(7-8-18)10-14(15)16/h3-6,11,14,18H,7-10H2,1-2H3. The van der Waals surface area contributed by atoms with Gasteiger partial charge in [-0.05, 0) is 17.0 Å². The van der Waals surface area contributed by atoms with Gasteiger partial charge in [-0.2, -0.15) is 0 Å². The molecule has 2 nitrogen and oxygen atoms in total. The molecule has 0 unspecified atom stereocenters. The lowest BCUT2D eigenvalue weighted by Gasteiger charge is -2.21. The van der Waals surface area contributed by atoms with E-state index in [1.54, 1.807) is 4.90 Å². The molecule has 1 rings (SSSR count). The molecular formula is C14H21F2NO. The molecule has 102 valence electrons. The Morgan fingerprint density at radius 3 is 2.22 bits per heavy atom. The molecule has 18 heavy (non-hydrogen) atoms. The summed E-state index contributed by atoms with van der Waals surface area (Å²) in [7, 11) is 0. The van der Waals surface area contributed by atoms with Crippen molar-refractivity contribution in [3.8, 4) is 0 Å². The Hall–Kier alpha value is -1.00. The number of rotatable bonds is 7. The van der Waals surface area contributed by atoms with Crippen LogP contribution >= 0.6 is 0 Å². The Labute approximate surface area is 107 Å². The maximum absolute atomic E-state index is 12.4. The van der Waals surface area contributed by atoms with E-state index >= 15 is 0 Å². The number of nitrogens with zero attached hydrogens (tertiary/aromatic N) is 1. The number of halogens is 2. The zero-order valence-corrected chi connectivity index (χ0v) is 10.9. The van der Waals surface area contributed by atoms with E-state index in [1.807, 2.05) is 24.3 Å². The lowest BCUT2D eigenvalue weighted by molar-refractivity contribution is 0.0746. The van der Waals surface area contributed by atoms with Gasteiger partial charge in [0.2, 0.25) is 0 Å². The number of aliphatic hydroxyl groups excluding tert-OH is 1. The first-order valence-corrected chi connectivity index (χ1v) is 6.23. The van der Waals surface area contributed by atoms with Gasteiger partial charge in [0.15, 0.2) is 0 Å². The molecule has 0 aliphatic rings. The quantitative estimate of drug-likeness (QED) is 0.812. The fourth-order valence-corrected chi connectivity index (χ4v) is 1.84. The van der Waals surface area contributed by atoms with Crippen LogP contribution in [0.1, 0.15) is 30.9 Å². The minimum absolute atomic E-state index is 0.100. The van der Waals surface area contributed by atoms with Gasteiger partial charge in [-0.3, -0.25) is 4.90 Å². The van der Waals surface area contributed by atoms with Crippen molar-refractivity contribution in [2.24, 2.45) is 0 Å². The van der Waals surface area contributed by atoms with Crippen molar-refractivity contribution in [1.82, 2.24) is 4.90 Å². The van der Waals surface area contributed by atoms with Crippen molar-refractivity contribution in [2.45, 2.75) is 32.7 Å². The summed E-state index contributed by atoms with van der Waals surface area (Å²) >= 11 is 0. The fraction of sp³-hybridized carbons (Fsp3) is 0.571. The molecule has 0 saturated heterocycles. The second-order valence-corrected chi connectivity index (χ2v) is 4.75. The van der Waals surface area contributed by atoms with Crippen LogP contribution in [0.4, 0.5) is 8.78 Å². The molecule has 0 bridgehead atoms. The molecule has 1 N–H and O–H groups in total. The van der Waals surface area contributed by atoms with Crippen LogP contribution in [0.2, 0.25) is 0 Å². The molecule has 0 amide bonds. The summed E-state index contributed by atoms with van der Waals surface area (Å²) in [5.41, 5.74) is 2.23. The third-order valence-electron chi connectivity index (χ3n) is 2.87. The van der Waals surface area contributed by atoms with Crippen molar-refractivity contribution in [1.29, 1.82) is 0 Å². The van der Waals surface area contributed by atoms with Crippen LogP contribution in [-0.4, -0.2) is 36.1 Å². The molecule has 0 aromatic heterocycles. The van der Waals surface area contributed by atoms with Crippen LogP contribution in [0.15, 0.2) is 24.3 Å². The fourth-order valence-electron chi connectivity index (χ4n) is 1.84. The summed E-state index contributed by atoms with van der Waals surface area (Å²) in [6.07, 6.45) is -2.37. The monoisotopic (exact) mass is 257 g/mol. The van der Waals surface area contributed by atoms with Crippen LogP contribution < -0.4 is 0 Å². The summed E-state index contributed by atoms with van der Waals surface area (Å²) in [5, 5.41) is 8.86. The van der Waals surface area contributed by atoms with E-state index in [1.165, 1.54) is 5.56 Å². The molecule has 1 aromatic carbocycles. The Kier molecular flexibility index (Phi) is 6.22. The molecular weight excluding hydrogens is 236 g/mol. The van der Waals surface area contributed by atoms with E-state index in [4.69, 9.17) is 5.11 Å². The molecule has 0 aliphatic carbocycles. The predicted octanol–water partition coefficient (Wildman–Crippen LogP) is 2.87. The maximum atomic E-state index is 12.4. The molecule has 0 aliphatic heterocycles. The van der Waals surface area contributed by atoms with E-state index in [9.17, 15) is 8.78 Å². The molecule has 0 atom stereocenters. The van der Waals surface area contributed by atoms with Crippen LogP contribution in [-0.2, 0) is 6.54 Å². The molecule has 0 radical (unpaired) electrons. The first-order chi connectivity index (χ1) is 8.52. The third-order valence-corrected chi connectivity index (χ3v) is 2.87. The second kappa shape index (κ2) is 7.44. The van der Waals surface area contributed by atoms with Crippen LogP contribution in [0.3, 0.4) is 0 Å². The van der Waals surface area contributed by atoms with Crippen LogP contribution in [0.5, 0.6) is 0 Å². The number of aliphatic hydroxyl groups is 1. The van der Waals surface area contributed by atoms with E-state index < -0.39 is 6.43 Å². The predicted molar refractivity (Wildman–Crippen MR) is 68.9 cm³/mol. The van der Waals surface area contributed by atoms with Crippen LogP contribution in [0, 0.1) is 0 Å². The average molecular weight is 257 g/mol. The first-order valence-electron chi connectivity index (χ1n) is 6.23. The number of hydrogen-bond donors (Lipinski definition) is 1. The highest BCUT2D eigenvalue weighted by Gasteiger charge is 2.12. The van der Waals surface area contributed by atoms with Gasteiger partial charge in [0.05, 0.1) is 13.2 Å². The van der Waals surface area contributed by atoms with Crippen LogP contribution in [0.25, 0.3) is 0 Å². The van der Waals surface area contributed by atoms with Gasteiger partial charge < -0.3 is 5.11 Å². The molecule has 0 saturated carbocycles. The highest BCUT2D eigenvalue weighted by Crippen LogP contribution is 2.15. The van der Waals surface area contributed by atoms with E-state index in [-0.39, 0.29) is 19.7 Å². The lowest BCUT2D eigenvalue weighted by atomic mass is 10.0. The summed E-state index contributed by atoms with van der Waals surface area (Å²) in [6.45, 7) is 4.55. The van der Waals surface area contributed by atoms with Crippen molar-refractivity contribution in [3.05, 3.63) is 35.4 Å². The van der Waals surface area contributed by atoms with Gasteiger partial charge in [0, 0.05) is 13.1 Å². The largest absolute Gasteiger partial charge is 0.395 e. The average Bonchev–Trinajstić information content (AvgIpc) is 2.29. The Morgan fingerprint density at radius 1 is 1.17 bits per heavy atom. The Bertz CT molecular complexity index is 338. The molecule has 4 heteroatoms. The third kappa shape index (κ3) is 5.10. The number of benzene rings is 1. The Morgan fingerprint density at radius 2 is 1.78 bits per heavy atom. The summed E-state index contributed by atoms with van der Waals surface area (Å²) in [4.78, 5) is 1.56. The number of alkyl halides is 2. The second-order valence-electron chi connectivity index (χ2n) is 4.75. The van der Waals surface area contributed by atoms with Gasteiger partial charge in [-0.15, -0.1) is 0 Å². The van der Waals surface area contributed by atoms with Crippen molar-refractivity contribution in [2.75, 3.05) is 19.7 Å². The zero-order chi connectivity index (χ0) is 13.5. The molecule has 1 aromatic rings. The van der Waals surface area contributed by atoms with Crippen molar-refractivity contribution < 1.29 is 13.9 Å². The minimum atomic E-state index is -2.37. The first kappa shape index (κ1) is 15.1. The highest BCUT2D eigenvalue weighted by molar-refractivity contribution is 5.24. The highest BCUT2D eigenvalue weighted by atomic mass is 19.3. The van der Waals surface area contributed by atoms with Gasteiger partial charge in [0.1, 0.15) is 0 Å². The zero-order valence-electron chi connectivity index (χ0n) is 10.9. The van der Waals surface area contributed by atoms with Gasteiger partial charge in [-0.25, -0.2) is 8.78 Å². The van der Waals surface area contributed by atoms with E-state index in [0.717, 1.165) is 5.56 Å². The normalized spacial score (nSPS) is 11.8. The molecule has 0 spiro atoms.